The minimum atomic E-state index is -0.437. The third kappa shape index (κ3) is 3.69. The van der Waals surface area contributed by atoms with Gasteiger partial charge in [0.2, 0.25) is 5.91 Å². The van der Waals surface area contributed by atoms with E-state index in [4.69, 9.17) is 9.47 Å². The van der Waals surface area contributed by atoms with Crippen LogP contribution in [0, 0.1) is 6.92 Å². The van der Waals surface area contributed by atoms with Crippen molar-refractivity contribution in [2.75, 3.05) is 32.9 Å². The summed E-state index contributed by atoms with van der Waals surface area (Å²) in [5, 5.41) is 0.475. The van der Waals surface area contributed by atoms with Crippen molar-refractivity contribution in [2.24, 2.45) is 0 Å². The molecule has 0 saturated carbocycles. The number of rotatable bonds is 4. The molecule has 1 atom stereocenters. The smallest absolute Gasteiger partial charge is 0.313 e. The van der Waals surface area contributed by atoms with Gasteiger partial charge in [0.25, 0.3) is 5.56 Å². The van der Waals surface area contributed by atoms with Crippen LogP contribution in [0.2, 0.25) is 0 Å². The topological polar surface area (TPSA) is 90.7 Å². The van der Waals surface area contributed by atoms with Gasteiger partial charge in [-0.15, -0.1) is 11.3 Å². The van der Waals surface area contributed by atoms with Crippen molar-refractivity contribution in [3.8, 4) is 0 Å². The minimum Gasteiger partial charge on any atom is -0.466 e. The standard InChI is InChI=1S/C20H25N3O5S/c1-3-28-20(26)13-5-4-6-14-16(13)17-18(29-14)21-12(2)23(19(17)25)11-15(24)22-7-9-27-10-8-22/h13H,3-11H2,1-2H3. The van der Waals surface area contributed by atoms with Crippen LogP contribution in [0.4, 0.5) is 0 Å². The number of nitrogens with zero attached hydrogens (tertiary/aromatic N) is 3. The maximum Gasteiger partial charge on any atom is 0.313 e. The maximum atomic E-state index is 13.4. The quantitative estimate of drug-likeness (QED) is 0.700. The number of esters is 1. The molecule has 0 radical (unpaired) electrons. The second kappa shape index (κ2) is 8.23. The van der Waals surface area contributed by atoms with E-state index >= 15 is 0 Å². The van der Waals surface area contributed by atoms with Gasteiger partial charge in [-0.1, -0.05) is 0 Å². The molecular formula is C20H25N3O5S. The molecule has 0 spiro atoms. The van der Waals surface area contributed by atoms with Crippen LogP contribution in [-0.4, -0.2) is 59.2 Å². The number of morpholine rings is 1. The zero-order valence-electron chi connectivity index (χ0n) is 16.7. The fourth-order valence-electron chi connectivity index (χ4n) is 4.13. The van der Waals surface area contributed by atoms with E-state index in [2.05, 4.69) is 4.98 Å². The van der Waals surface area contributed by atoms with E-state index < -0.39 is 5.92 Å². The number of ether oxygens (including phenoxy) is 2. The molecule has 29 heavy (non-hydrogen) atoms. The highest BCUT2D eigenvalue weighted by Gasteiger charge is 2.33. The number of aromatic nitrogens is 2. The van der Waals surface area contributed by atoms with Crippen LogP contribution in [-0.2, 0) is 32.0 Å². The molecule has 1 unspecified atom stereocenters. The Kier molecular flexibility index (Phi) is 5.69. The van der Waals surface area contributed by atoms with Gasteiger partial charge < -0.3 is 14.4 Å². The molecule has 1 aliphatic carbocycles. The first-order chi connectivity index (χ1) is 14.0. The van der Waals surface area contributed by atoms with E-state index in [0.717, 1.165) is 23.3 Å². The highest BCUT2D eigenvalue weighted by Crippen LogP contribution is 2.41. The zero-order chi connectivity index (χ0) is 20.5. The van der Waals surface area contributed by atoms with Gasteiger partial charge in [0, 0.05) is 18.0 Å². The molecule has 2 aromatic rings. The number of thiophene rings is 1. The molecule has 0 N–H and O–H groups in total. The molecule has 156 valence electrons. The lowest BCUT2D eigenvalue weighted by molar-refractivity contribution is -0.145. The van der Waals surface area contributed by atoms with E-state index in [1.54, 1.807) is 18.7 Å². The maximum absolute atomic E-state index is 13.4. The molecule has 2 aromatic heterocycles. The van der Waals surface area contributed by atoms with Crippen molar-refractivity contribution in [3.63, 3.8) is 0 Å². The molecular weight excluding hydrogens is 394 g/mol. The molecule has 1 saturated heterocycles. The summed E-state index contributed by atoms with van der Waals surface area (Å²) in [6.07, 6.45) is 2.38. The van der Waals surface area contributed by atoms with Gasteiger partial charge in [-0.05, 0) is 38.7 Å². The Balaban J connectivity index is 1.76. The summed E-state index contributed by atoms with van der Waals surface area (Å²) >= 11 is 1.48. The predicted octanol–water partition coefficient (Wildman–Crippen LogP) is 1.61. The monoisotopic (exact) mass is 419 g/mol. The fraction of sp³-hybridized carbons (Fsp3) is 0.600. The summed E-state index contributed by atoms with van der Waals surface area (Å²) in [6, 6.07) is 0. The van der Waals surface area contributed by atoms with E-state index in [1.165, 1.54) is 15.9 Å². The van der Waals surface area contributed by atoms with Crippen LogP contribution >= 0.6 is 11.3 Å². The number of hydrogen-bond acceptors (Lipinski definition) is 7. The van der Waals surface area contributed by atoms with Crippen LogP contribution in [0.3, 0.4) is 0 Å². The summed E-state index contributed by atoms with van der Waals surface area (Å²) < 4.78 is 12.0. The Morgan fingerprint density at radius 2 is 2.07 bits per heavy atom. The van der Waals surface area contributed by atoms with Crippen LogP contribution in [0.5, 0.6) is 0 Å². The molecule has 2 aliphatic rings. The van der Waals surface area contributed by atoms with Gasteiger partial charge in [-0.25, -0.2) is 4.98 Å². The first-order valence-corrected chi connectivity index (χ1v) is 10.9. The van der Waals surface area contributed by atoms with Crippen molar-refractivity contribution in [1.82, 2.24) is 14.5 Å². The molecule has 9 heteroatoms. The van der Waals surface area contributed by atoms with Crippen molar-refractivity contribution in [3.05, 3.63) is 26.6 Å². The van der Waals surface area contributed by atoms with Crippen molar-refractivity contribution in [2.45, 2.75) is 45.6 Å². The SMILES string of the molecule is CCOC(=O)C1CCCc2sc3nc(C)n(CC(=O)N4CCOCC4)c(=O)c3c21. The van der Waals surface area contributed by atoms with Crippen LogP contribution in [0.1, 0.15) is 41.9 Å². The first-order valence-electron chi connectivity index (χ1n) is 10.1. The fourth-order valence-corrected chi connectivity index (χ4v) is 5.44. The number of hydrogen-bond donors (Lipinski definition) is 0. The van der Waals surface area contributed by atoms with Gasteiger partial charge in [-0.2, -0.15) is 0 Å². The lowest BCUT2D eigenvalue weighted by Crippen LogP contribution is -2.43. The third-order valence-corrected chi connectivity index (χ3v) is 6.75. The summed E-state index contributed by atoms with van der Waals surface area (Å²) in [5.41, 5.74) is 0.516. The van der Waals surface area contributed by atoms with Crippen LogP contribution in [0.25, 0.3) is 10.2 Å². The Hall–Kier alpha value is -2.26. The Morgan fingerprint density at radius 3 is 2.79 bits per heavy atom. The molecule has 0 aromatic carbocycles. The molecule has 1 fully saturated rings. The van der Waals surface area contributed by atoms with Gasteiger partial charge in [-0.3, -0.25) is 19.0 Å². The van der Waals surface area contributed by atoms with Crippen molar-refractivity contribution >= 4 is 33.4 Å². The van der Waals surface area contributed by atoms with Gasteiger partial charge in [0.1, 0.15) is 17.2 Å². The summed E-state index contributed by atoms with van der Waals surface area (Å²) in [6.45, 7) is 5.86. The van der Waals surface area contributed by atoms with Gasteiger partial charge in [0.15, 0.2) is 0 Å². The third-order valence-electron chi connectivity index (χ3n) is 5.59. The number of carbonyl (C=O) groups excluding carboxylic acids is 2. The number of carbonyl (C=O) groups is 2. The summed E-state index contributed by atoms with van der Waals surface area (Å²) in [5.74, 6) is -0.335. The molecule has 0 bridgehead atoms. The van der Waals surface area contributed by atoms with Gasteiger partial charge >= 0.3 is 5.97 Å². The zero-order valence-corrected chi connectivity index (χ0v) is 17.5. The predicted molar refractivity (Wildman–Crippen MR) is 108 cm³/mol. The highest BCUT2D eigenvalue weighted by molar-refractivity contribution is 7.18. The van der Waals surface area contributed by atoms with Gasteiger partial charge in [0.05, 0.1) is 31.1 Å². The largest absolute Gasteiger partial charge is 0.466 e. The molecule has 4 rings (SSSR count). The van der Waals surface area contributed by atoms with Crippen LogP contribution < -0.4 is 5.56 Å². The first kappa shape index (κ1) is 20.0. The Bertz CT molecular complexity index is 1010. The lowest BCUT2D eigenvalue weighted by Gasteiger charge is -2.27. The Morgan fingerprint density at radius 1 is 1.31 bits per heavy atom. The number of fused-ring (bicyclic) bond motifs is 3. The second-order valence-corrected chi connectivity index (χ2v) is 8.44. The van der Waals surface area contributed by atoms with E-state index in [1.807, 2.05) is 0 Å². The van der Waals surface area contributed by atoms with Crippen LogP contribution in [0.15, 0.2) is 4.79 Å². The van der Waals surface area contributed by atoms with E-state index in [-0.39, 0.29) is 24.0 Å². The van der Waals surface area contributed by atoms with Crippen molar-refractivity contribution in [1.29, 1.82) is 0 Å². The van der Waals surface area contributed by atoms with E-state index in [9.17, 15) is 14.4 Å². The van der Waals surface area contributed by atoms with Crippen molar-refractivity contribution < 1.29 is 19.1 Å². The van der Waals surface area contributed by atoms with E-state index in [0.29, 0.717) is 55.4 Å². The summed E-state index contributed by atoms with van der Waals surface area (Å²) in [4.78, 5) is 46.6. The molecule has 1 amide bonds. The minimum absolute atomic E-state index is 0.0533. The molecule has 1 aliphatic heterocycles. The number of aryl methyl sites for hydroxylation is 2. The summed E-state index contributed by atoms with van der Waals surface area (Å²) in [7, 11) is 0. The number of amides is 1. The highest BCUT2D eigenvalue weighted by atomic mass is 32.1. The molecule has 3 heterocycles. The normalized spacial score (nSPS) is 19.2. The Labute approximate surface area is 172 Å². The molecule has 8 nitrogen and oxygen atoms in total. The average Bonchev–Trinajstić information content (AvgIpc) is 3.10. The average molecular weight is 420 g/mol. The lowest BCUT2D eigenvalue weighted by atomic mass is 9.86. The second-order valence-electron chi connectivity index (χ2n) is 7.36.